The maximum Gasteiger partial charge on any atom is 0.321 e. The number of hydrogen-bond acceptors (Lipinski definition) is 6. The second-order valence-corrected chi connectivity index (χ2v) is 6.49. The van der Waals surface area contributed by atoms with Crippen LogP contribution in [0.1, 0.15) is 26.5 Å². The Morgan fingerprint density at radius 2 is 2.00 bits per heavy atom. The summed E-state index contributed by atoms with van der Waals surface area (Å²) in [6, 6.07) is 5.91. The zero-order chi connectivity index (χ0) is 18.1. The summed E-state index contributed by atoms with van der Waals surface area (Å²) < 4.78 is 20.0. The molecule has 0 radical (unpaired) electrons. The van der Waals surface area contributed by atoms with Crippen LogP contribution in [0.3, 0.4) is 0 Å². The number of aromatic nitrogens is 3. The number of para-hydroxylation sites is 1. The van der Waals surface area contributed by atoms with Gasteiger partial charge in [-0.2, -0.15) is 4.68 Å². The molecule has 130 valence electrons. The van der Waals surface area contributed by atoms with Crippen molar-refractivity contribution in [2.24, 2.45) is 5.41 Å². The second kappa shape index (κ2) is 6.20. The van der Waals surface area contributed by atoms with E-state index < -0.39 is 29.2 Å². The van der Waals surface area contributed by atoms with Crippen LogP contribution in [0, 0.1) is 11.2 Å². The number of carbonyl (C=O) groups excluding carboxylic acids is 1. The van der Waals surface area contributed by atoms with E-state index in [2.05, 4.69) is 10.3 Å². The third kappa shape index (κ3) is 2.52. The number of esters is 1. The molecule has 1 aromatic carbocycles. The molecule has 0 aliphatic rings. The average molecular weight is 336 g/mol. The van der Waals surface area contributed by atoms with Crippen molar-refractivity contribution in [3.05, 3.63) is 35.8 Å². The Kier molecular flexibility index (Phi) is 4.61. The number of methoxy groups -OCH3 is 1. The van der Waals surface area contributed by atoms with E-state index >= 15 is 0 Å². The molecule has 1 atom stereocenters. The Balaban J connectivity index is 2.71. The molecule has 0 fully saturated rings. The maximum atomic E-state index is 14.0. The molecule has 3 N–H and O–H groups in total. The molecule has 0 bridgehead atoms. The largest absolute Gasteiger partial charge is 0.468 e. The number of aliphatic hydroxyl groups excluding tert-OH is 1. The molecule has 24 heavy (non-hydrogen) atoms. The minimum atomic E-state index is -1.53. The number of rotatable bonds is 4. The number of nitrogen functional groups attached to an aromatic ring is 1. The fourth-order valence-corrected chi connectivity index (χ4v) is 2.70. The summed E-state index contributed by atoms with van der Waals surface area (Å²) in [5.74, 6) is -1.26. The van der Waals surface area contributed by atoms with Crippen molar-refractivity contribution in [1.29, 1.82) is 0 Å². The Hall–Kier alpha value is -2.48. The summed E-state index contributed by atoms with van der Waals surface area (Å²) in [5, 5.41) is 17.9. The summed E-state index contributed by atoms with van der Waals surface area (Å²) in [7, 11) is 1.22. The number of aliphatic hydroxyl groups is 1. The summed E-state index contributed by atoms with van der Waals surface area (Å²) in [6.07, 6.45) is 0. The van der Waals surface area contributed by atoms with E-state index in [9.17, 15) is 14.3 Å². The minimum Gasteiger partial charge on any atom is -0.468 e. The number of halogens is 1. The minimum absolute atomic E-state index is 0.0329. The number of ether oxygens (including phenoxy) is 1. The van der Waals surface area contributed by atoms with Crippen molar-refractivity contribution in [3.63, 3.8) is 0 Å². The van der Waals surface area contributed by atoms with Crippen LogP contribution in [0.25, 0.3) is 5.69 Å². The topological polar surface area (TPSA) is 103 Å². The number of nitrogens with zero attached hydrogens (tertiary/aromatic N) is 3. The Morgan fingerprint density at radius 3 is 2.50 bits per heavy atom. The van der Waals surface area contributed by atoms with Crippen LogP contribution in [-0.2, 0) is 14.9 Å². The zero-order valence-corrected chi connectivity index (χ0v) is 14.1. The average Bonchev–Trinajstić information content (AvgIpc) is 2.89. The summed E-state index contributed by atoms with van der Waals surface area (Å²) >= 11 is 0. The van der Waals surface area contributed by atoms with E-state index in [0.29, 0.717) is 0 Å². The van der Waals surface area contributed by atoms with E-state index in [-0.39, 0.29) is 17.2 Å². The molecule has 7 nitrogen and oxygen atoms in total. The van der Waals surface area contributed by atoms with Crippen LogP contribution in [0.2, 0.25) is 0 Å². The Morgan fingerprint density at radius 1 is 1.38 bits per heavy atom. The van der Waals surface area contributed by atoms with E-state index in [4.69, 9.17) is 10.5 Å². The van der Waals surface area contributed by atoms with Gasteiger partial charge in [-0.05, 0) is 17.5 Å². The van der Waals surface area contributed by atoms with E-state index in [1.54, 1.807) is 26.8 Å². The van der Waals surface area contributed by atoms with Crippen LogP contribution in [0.15, 0.2) is 24.3 Å². The van der Waals surface area contributed by atoms with Gasteiger partial charge in [0.05, 0.1) is 13.7 Å². The molecule has 1 aromatic heterocycles. The molecular weight excluding hydrogens is 315 g/mol. The van der Waals surface area contributed by atoms with E-state index in [0.717, 1.165) is 4.68 Å². The molecule has 0 aliphatic carbocycles. The van der Waals surface area contributed by atoms with Crippen molar-refractivity contribution in [1.82, 2.24) is 15.0 Å². The predicted octanol–water partition coefficient (Wildman–Crippen LogP) is 1.44. The van der Waals surface area contributed by atoms with Crippen LogP contribution >= 0.6 is 0 Å². The van der Waals surface area contributed by atoms with Crippen LogP contribution in [-0.4, -0.2) is 39.8 Å². The van der Waals surface area contributed by atoms with Gasteiger partial charge in [-0.25, -0.2) is 4.39 Å². The lowest BCUT2D eigenvalue weighted by Gasteiger charge is -2.39. The Bertz CT molecular complexity index is 754. The third-order valence-corrected chi connectivity index (χ3v) is 4.24. The molecule has 0 aliphatic heterocycles. The van der Waals surface area contributed by atoms with Crippen molar-refractivity contribution in [2.75, 3.05) is 19.5 Å². The summed E-state index contributed by atoms with van der Waals surface area (Å²) in [5.41, 5.74) is 3.94. The second-order valence-electron chi connectivity index (χ2n) is 6.49. The molecular formula is C16H21FN4O3. The molecule has 2 aromatic rings. The van der Waals surface area contributed by atoms with Crippen LogP contribution in [0.5, 0.6) is 0 Å². The first-order valence-electron chi connectivity index (χ1n) is 7.36. The molecule has 8 heteroatoms. The van der Waals surface area contributed by atoms with Gasteiger partial charge in [0.25, 0.3) is 0 Å². The number of nitrogens with two attached hydrogens (primary N) is 1. The Labute approximate surface area is 139 Å². The van der Waals surface area contributed by atoms with Gasteiger partial charge >= 0.3 is 5.97 Å². The standard InChI is InChI=1S/C16H21FN4O3/c1-15(2,3)16(9-22,14(23)24-4)12-13(18)21(20-19-12)11-8-6-5-7-10(11)17/h5-8,22H,9,18H2,1-4H3. The molecule has 0 saturated carbocycles. The van der Waals surface area contributed by atoms with Crippen LogP contribution in [0.4, 0.5) is 10.2 Å². The first-order valence-corrected chi connectivity index (χ1v) is 7.36. The van der Waals surface area contributed by atoms with Gasteiger partial charge in [0.15, 0.2) is 5.82 Å². The predicted molar refractivity (Wildman–Crippen MR) is 86.0 cm³/mol. The summed E-state index contributed by atoms with van der Waals surface area (Å²) in [6.45, 7) is 4.68. The highest BCUT2D eigenvalue weighted by atomic mass is 19.1. The first-order chi connectivity index (χ1) is 11.2. The van der Waals surface area contributed by atoms with Crippen molar-refractivity contribution >= 4 is 11.8 Å². The van der Waals surface area contributed by atoms with Crippen LogP contribution < -0.4 is 5.73 Å². The third-order valence-electron chi connectivity index (χ3n) is 4.24. The highest BCUT2D eigenvalue weighted by Gasteiger charge is 2.54. The lowest BCUT2D eigenvalue weighted by molar-refractivity contribution is -0.155. The lowest BCUT2D eigenvalue weighted by atomic mass is 9.65. The highest BCUT2D eigenvalue weighted by molar-refractivity contribution is 5.85. The fourth-order valence-electron chi connectivity index (χ4n) is 2.70. The number of anilines is 1. The molecule has 0 amide bonds. The molecule has 1 unspecified atom stereocenters. The zero-order valence-electron chi connectivity index (χ0n) is 14.1. The first kappa shape index (κ1) is 17.9. The number of hydrogen-bond donors (Lipinski definition) is 2. The van der Waals surface area contributed by atoms with Gasteiger partial charge in [0, 0.05) is 0 Å². The molecule has 0 spiro atoms. The smallest absolute Gasteiger partial charge is 0.321 e. The molecule has 0 saturated heterocycles. The normalized spacial score (nSPS) is 14.2. The highest BCUT2D eigenvalue weighted by Crippen LogP contribution is 2.44. The van der Waals surface area contributed by atoms with Crippen molar-refractivity contribution in [3.8, 4) is 5.69 Å². The van der Waals surface area contributed by atoms with Crippen molar-refractivity contribution < 1.29 is 19.0 Å². The van der Waals surface area contributed by atoms with E-state index in [1.165, 1.54) is 25.3 Å². The number of benzene rings is 1. The van der Waals surface area contributed by atoms with Gasteiger partial charge < -0.3 is 15.6 Å². The monoisotopic (exact) mass is 336 g/mol. The van der Waals surface area contributed by atoms with E-state index in [1.807, 2.05) is 0 Å². The molecule has 1 heterocycles. The van der Waals surface area contributed by atoms with Gasteiger partial charge in [-0.15, -0.1) is 5.10 Å². The SMILES string of the molecule is COC(=O)C(CO)(c1nnn(-c2ccccc2F)c1N)C(C)(C)C. The van der Waals surface area contributed by atoms with Gasteiger partial charge in [-0.1, -0.05) is 38.1 Å². The summed E-state index contributed by atoms with van der Waals surface area (Å²) in [4.78, 5) is 12.5. The van der Waals surface area contributed by atoms with Gasteiger partial charge in [-0.3, -0.25) is 4.79 Å². The molecule has 2 rings (SSSR count). The fraction of sp³-hybridized carbons (Fsp3) is 0.438. The number of carbonyl (C=O) groups is 1. The van der Waals surface area contributed by atoms with Gasteiger partial charge in [0.2, 0.25) is 0 Å². The maximum absolute atomic E-state index is 14.0. The van der Waals surface area contributed by atoms with Gasteiger partial charge in [0.1, 0.15) is 22.6 Å². The quantitative estimate of drug-likeness (QED) is 0.819. The lowest BCUT2D eigenvalue weighted by Crippen LogP contribution is -2.51. The van der Waals surface area contributed by atoms with Crippen molar-refractivity contribution in [2.45, 2.75) is 26.2 Å².